The van der Waals surface area contributed by atoms with Crippen LogP contribution in [-0.4, -0.2) is 31.1 Å². The molecular weight excluding hydrogens is 362 g/mol. The molecule has 0 fully saturated rings. The second-order valence-electron chi connectivity index (χ2n) is 6.80. The van der Waals surface area contributed by atoms with Crippen molar-refractivity contribution < 1.29 is 9.53 Å². The average molecular weight is 389 g/mol. The molecule has 0 aliphatic carbocycles. The van der Waals surface area contributed by atoms with Crippen LogP contribution in [0.5, 0.6) is 5.75 Å². The lowest BCUT2D eigenvalue weighted by Crippen LogP contribution is -2.25. The Morgan fingerprint density at radius 3 is 2.59 bits per heavy atom. The van der Waals surface area contributed by atoms with Gasteiger partial charge in [0.2, 0.25) is 0 Å². The molecule has 0 aliphatic rings. The molecule has 0 aliphatic heterocycles. The zero-order valence-corrected chi connectivity index (χ0v) is 16.7. The summed E-state index contributed by atoms with van der Waals surface area (Å²) in [6.45, 7) is 1.36. The summed E-state index contributed by atoms with van der Waals surface area (Å²) in [5, 5.41) is 6.30. The molecule has 2 aromatic carbocycles. The number of carbonyl (C=O) groups excluding carboxylic acids is 1. The molecule has 1 heterocycles. The first-order valence-electron chi connectivity index (χ1n) is 9.89. The largest absolute Gasteiger partial charge is 0.496 e. The number of para-hydroxylation sites is 1. The van der Waals surface area contributed by atoms with Crippen LogP contribution in [0.1, 0.15) is 27.9 Å². The molecule has 29 heavy (non-hydrogen) atoms. The van der Waals surface area contributed by atoms with Crippen LogP contribution in [0.25, 0.3) is 0 Å². The normalized spacial score (nSPS) is 10.4. The zero-order chi connectivity index (χ0) is 20.3. The van der Waals surface area contributed by atoms with Crippen LogP contribution in [0.3, 0.4) is 0 Å². The van der Waals surface area contributed by atoms with E-state index in [9.17, 15) is 4.79 Å². The highest BCUT2D eigenvalue weighted by Gasteiger charge is 2.07. The van der Waals surface area contributed by atoms with E-state index < -0.39 is 0 Å². The molecule has 3 rings (SSSR count). The van der Waals surface area contributed by atoms with Gasteiger partial charge in [0.1, 0.15) is 5.75 Å². The standard InChI is InChI=1S/C24H27N3O2/c1-29-23-12-6-5-11-20(23)13-15-26-22-16-21(17-25-18-22)24(28)27-14-7-10-19-8-3-2-4-9-19/h2-6,8-9,11-12,16-18,26H,7,10,13-15H2,1H3,(H,27,28). The van der Waals surface area contributed by atoms with Gasteiger partial charge in [0.25, 0.3) is 5.91 Å². The Labute approximate surface area is 172 Å². The van der Waals surface area contributed by atoms with Gasteiger partial charge in [0.15, 0.2) is 0 Å². The Morgan fingerprint density at radius 1 is 0.966 bits per heavy atom. The van der Waals surface area contributed by atoms with Gasteiger partial charge in [0, 0.05) is 25.5 Å². The lowest BCUT2D eigenvalue weighted by atomic mass is 10.1. The molecule has 0 saturated carbocycles. The van der Waals surface area contributed by atoms with Crippen LogP contribution in [0.15, 0.2) is 73.1 Å². The molecule has 1 amide bonds. The number of carbonyl (C=O) groups is 1. The lowest BCUT2D eigenvalue weighted by molar-refractivity contribution is 0.0953. The van der Waals surface area contributed by atoms with Crippen molar-refractivity contribution in [2.45, 2.75) is 19.3 Å². The first-order valence-corrected chi connectivity index (χ1v) is 9.89. The average Bonchev–Trinajstić information content (AvgIpc) is 2.78. The fourth-order valence-corrected chi connectivity index (χ4v) is 3.15. The highest BCUT2D eigenvalue weighted by Crippen LogP contribution is 2.18. The molecule has 0 bridgehead atoms. The smallest absolute Gasteiger partial charge is 0.252 e. The van der Waals surface area contributed by atoms with E-state index in [0.717, 1.165) is 42.8 Å². The Kier molecular flexibility index (Phi) is 7.63. The summed E-state index contributed by atoms with van der Waals surface area (Å²) in [6, 6.07) is 20.1. The molecule has 0 spiro atoms. The van der Waals surface area contributed by atoms with E-state index in [1.54, 1.807) is 19.5 Å². The Bertz CT molecular complexity index is 913. The number of amides is 1. The molecule has 1 aromatic heterocycles. The Hall–Kier alpha value is -3.34. The highest BCUT2D eigenvalue weighted by atomic mass is 16.5. The van der Waals surface area contributed by atoms with Crippen molar-refractivity contribution >= 4 is 11.6 Å². The van der Waals surface area contributed by atoms with Crippen LogP contribution in [-0.2, 0) is 12.8 Å². The van der Waals surface area contributed by atoms with Crippen LogP contribution in [0, 0.1) is 0 Å². The van der Waals surface area contributed by atoms with Crippen LogP contribution in [0.4, 0.5) is 5.69 Å². The van der Waals surface area contributed by atoms with Crippen molar-refractivity contribution in [1.82, 2.24) is 10.3 Å². The minimum Gasteiger partial charge on any atom is -0.496 e. The summed E-state index contributed by atoms with van der Waals surface area (Å²) in [5.41, 5.74) is 3.82. The molecule has 3 aromatic rings. The number of rotatable bonds is 10. The Balaban J connectivity index is 1.45. The number of aryl methyl sites for hydroxylation is 1. The van der Waals surface area contributed by atoms with E-state index in [2.05, 4.69) is 33.8 Å². The minimum absolute atomic E-state index is 0.0982. The number of anilines is 1. The summed E-state index contributed by atoms with van der Waals surface area (Å²) in [6.07, 6.45) is 6.00. The number of benzene rings is 2. The van der Waals surface area contributed by atoms with E-state index >= 15 is 0 Å². The Morgan fingerprint density at radius 2 is 1.76 bits per heavy atom. The molecular formula is C24H27N3O2. The van der Waals surface area contributed by atoms with Gasteiger partial charge < -0.3 is 15.4 Å². The van der Waals surface area contributed by atoms with E-state index in [1.807, 2.05) is 42.5 Å². The van der Waals surface area contributed by atoms with Gasteiger partial charge in [-0.25, -0.2) is 0 Å². The van der Waals surface area contributed by atoms with Crippen LogP contribution < -0.4 is 15.4 Å². The van der Waals surface area contributed by atoms with Crippen molar-refractivity contribution in [2.75, 3.05) is 25.5 Å². The third kappa shape index (κ3) is 6.35. The first-order chi connectivity index (χ1) is 14.3. The third-order valence-electron chi connectivity index (χ3n) is 4.69. The third-order valence-corrected chi connectivity index (χ3v) is 4.69. The number of ether oxygens (including phenoxy) is 1. The van der Waals surface area contributed by atoms with Crippen LogP contribution in [0.2, 0.25) is 0 Å². The van der Waals surface area contributed by atoms with Gasteiger partial charge in [-0.15, -0.1) is 0 Å². The highest BCUT2D eigenvalue weighted by molar-refractivity contribution is 5.94. The van der Waals surface area contributed by atoms with E-state index in [0.29, 0.717) is 12.1 Å². The predicted molar refractivity (Wildman–Crippen MR) is 117 cm³/mol. The van der Waals surface area contributed by atoms with Gasteiger partial charge in [-0.1, -0.05) is 48.5 Å². The summed E-state index contributed by atoms with van der Waals surface area (Å²) in [4.78, 5) is 16.6. The number of pyridine rings is 1. The maximum atomic E-state index is 12.4. The zero-order valence-electron chi connectivity index (χ0n) is 16.7. The fourth-order valence-electron chi connectivity index (χ4n) is 3.15. The van der Waals surface area contributed by atoms with Crippen molar-refractivity contribution in [3.8, 4) is 5.75 Å². The maximum Gasteiger partial charge on any atom is 0.252 e. The van der Waals surface area contributed by atoms with Crippen molar-refractivity contribution in [3.63, 3.8) is 0 Å². The second kappa shape index (κ2) is 10.9. The van der Waals surface area contributed by atoms with Crippen molar-refractivity contribution in [2.24, 2.45) is 0 Å². The quantitative estimate of drug-likeness (QED) is 0.512. The summed E-state index contributed by atoms with van der Waals surface area (Å²) >= 11 is 0. The SMILES string of the molecule is COc1ccccc1CCNc1cncc(C(=O)NCCCc2ccccc2)c1. The molecule has 0 atom stereocenters. The molecule has 2 N–H and O–H groups in total. The van der Waals surface area contributed by atoms with E-state index in [1.165, 1.54) is 5.56 Å². The number of hydrogen-bond donors (Lipinski definition) is 2. The van der Waals surface area contributed by atoms with Gasteiger partial charge in [-0.2, -0.15) is 0 Å². The molecule has 5 heteroatoms. The van der Waals surface area contributed by atoms with Crippen molar-refractivity contribution in [1.29, 1.82) is 0 Å². The van der Waals surface area contributed by atoms with E-state index in [4.69, 9.17) is 4.74 Å². The first kappa shape index (κ1) is 20.4. The predicted octanol–water partition coefficient (Wildman–Crippen LogP) is 4.11. The molecule has 0 unspecified atom stereocenters. The summed E-state index contributed by atoms with van der Waals surface area (Å²) in [5.74, 6) is 0.787. The number of nitrogens with zero attached hydrogens (tertiary/aromatic N) is 1. The lowest BCUT2D eigenvalue weighted by Gasteiger charge is -2.10. The van der Waals surface area contributed by atoms with Gasteiger partial charge in [-0.05, 0) is 42.5 Å². The number of aromatic nitrogens is 1. The van der Waals surface area contributed by atoms with Gasteiger partial charge in [0.05, 0.1) is 18.4 Å². The number of nitrogens with one attached hydrogen (secondary N) is 2. The maximum absolute atomic E-state index is 12.4. The van der Waals surface area contributed by atoms with Gasteiger partial charge in [-0.3, -0.25) is 9.78 Å². The fraction of sp³-hybridized carbons (Fsp3) is 0.250. The number of hydrogen-bond acceptors (Lipinski definition) is 4. The molecule has 0 radical (unpaired) electrons. The summed E-state index contributed by atoms with van der Waals surface area (Å²) < 4.78 is 5.38. The van der Waals surface area contributed by atoms with Gasteiger partial charge >= 0.3 is 0 Å². The molecule has 5 nitrogen and oxygen atoms in total. The molecule has 150 valence electrons. The molecule has 0 saturated heterocycles. The number of methoxy groups -OCH3 is 1. The summed E-state index contributed by atoms with van der Waals surface area (Å²) in [7, 11) is 1.68. The van der Waals surface area contributed by atoms with Crippen molar-refractivity contribution in [3.05, 3.63) is 89.7 Å². The van der Waals surface area contributed by atoms with Crippen LogP contribution >= 0.6 is 0 Å². The topological polar surface area (TPSA) is 63.2 Å². The monoisotopic (exact) mass is 389 g/mol. The van der Waals surface area contributed by atoms with E-state index in [-0.39, 0.29) is 5.91 Å². The second-order valence-corrected chi connectivity index (χ2v) is 6.80. The minimum atomic E-state index is -0.0982.